The fraction of sp³-hybridized carbons (Fsp3) is 0.462. The van der Waals surface area contributed by atoms with E-state index in [0.29, 0.717) is 49.4 Å². The summed E-state index contributed by atoms with van der Waals surface area (Å²) in [4.78, 5) is 60.3. The predicted molar refractivity (Wildman–Crippen MR) is 197 cm³/mol. The molecule has 3 fully saturated rings. The van der Waals surface area contributed by atoms with Crippen molar-refractivity contribution in [2.45, 2.75) is 81.1 Å². The van der Waals surface area contributed by atoms with Crippen molar-refractivity contribution >= 4 is 43.1 Å². The van der Waals surface area contributed by atoms with E-state index in [9.17, 15) is 24.3 Å². The van der Waals surface area contributed by atoms with Gasteiger partial charge in [-0.3, -0.25) is 19.3 Å². The van der Waals surface area contributed by atoms with E-state index in [4.69, 9.17) is 4.74 Å². The Morgan fingerprint density at radius 3 is 2.39 bits per heavy atom. The average Bonchev–Trinajstić information content (AvgIpc) is 3.70. The Balaban J connectivity index is 1.13. The lowest BCUT2D eigenvalue weighted by molar-refractivity contribution is -0.149. The number of hydrogen-bond acceptors (Lipinski definition) is 8. The SMILES string of the molecule is C[C@@H]1[C@@H]([Si](C)(C)O)[C@H](CC(=O)N2Cc3ccccc3C[C@H]2CO)O[C@@]12C(=O)Nc1ccc(N3CN(c4ccccc4)C4(CCNCC4)C3=O)cc12. The van der Waals surface area contributed by atoms with Crippen LogP contribution in [0.25, 0.3) is 0 Å². The molecule has 0 saturated carbocycles. The summed E-state index contributed by atoms with van der Waals surface area (Å²) >= 11 is 0. The van der Waals surface area contributed by atoms with Gasteiger partial charge in [0.1, 0.15) is 5.54 Å². The highest BCUT2D eigenvalue weighted by molar-refractivity contribution is 6.71. The highest BCUT2D eigenvalue weighted by Gasteiger charge is 2.65. The van der Waals surface area contributed by atoms with Gasteiger partial charge >= 0.3 is 0 Å². The summed E-state index contributed by atoms with van der Waals surface area (Å²) in [5.41, 5.74) is 2.50. The summed E-state index contributed by atoms with van der Waals surface area (Å²) in [6, 6.07) is 23.3. The van der Waals surface area contributed by atoms with Crippen molar-refractivity contribution < 1.29 is 29.0 Å². The zero-order valence-electron chi connectivity index (χ0n) is 29.5. The molecule has 12 heteroatoms. The number of carbonyl (C=O) groups is 3. The van der Waals surface area contributed by atoms with Crippen molar-refractivity contribution in [3.8, 4) is 0 Å². The number of aliphatic hydroxyl groups is 1. The fourth-order valence-electron chi connectivity index (χ4n) is 9.75. The molecule has 5 aliphatic heterocycles. The number of aliphatic hydroxyl groups excluding tert-OH is 1. The van der Waals surface area contributed by atoms with Crippen molar-refractivity contribution in [3.05, 3.63) is 89.5 Å². The maximum atomic E-state index is 14.5. The average molecular weight is 710 g/mol. The zero-order chi connectivity index (χ0) is 35.7. The van der Waals surface area contributed by atoms with Gasteiger partial charge in [-0.1, -0.05) is 49.4 Å². The van der Waals surface area contributed by atoms with Gasteiger partial charge in [-0.25, -0.2) is 0 Å². The van der Waals surface area contributed by atoms with Crippen molar-refractivity contribution in [2.24, 2.45) is 5.92 Å². The molecular weight excluding hydrogens is 663 g/mol. The Morgan fingerprint density at radius 1 is 0.980 bits per heavy atom. The van der Waals surface area contributed by atoms with Crippen LogP contribution in [0.1, 0.15) is 42.9 Å². The quantitative estimate of drug-likeness (QED) is 0.285. The first-order valence-corrected chi connectivity index (χ1v) is 21.2. The molecular formula is C39H47N5O6Si. The van der Waals surface area contributed by atoms with Gasteiger partial charge < -0.3 is 35.1 Å². The summed E-state index contributed by atoms with van der Waals surface area (Å²) in [5.74, 6) is -0.926. The highest BCUT2D eigenvalue weighted by atomic mass is 28.4. The van der Waals surface area contributed by atoms with Gasteiger partial charge in [0.25, 0.3) is 11.8 Å². The Hall–Kier alpha value is -4.07. The molecule has 5 atom stereocenters. The molecule has 2 spiro atoms. The van der Waals surface area contributed by atoms with Crippen LogP contribution in [0.3, 0.4) is 0 Å². The van der Waals surface area contributed by atoms with Crippen LogP contribution in [-0.4, -0.2) is 84.9 Å². The molecule has 0 radical (unpaired) electrons. The van der Waals surface area contributed by atoms with Gasteiger partial charge in [0.05, 0.1) is 31.8 Å². The number of nitrogens with zero attached hydrogens (tertiary/aromatic N) is 3. The molecule has 5 heterocycles. The number of carbonyl (C=O) groups excluding carboxylic acids is 3. The molecule has 0 aliphatic carbocycles. The minimum absolute atomic E-state index is 0.0259. The normalized spacial score (nSPS) is 28.4. The number of amides is 3. The van der Waals surface area contributed by atoms with Crippen LogP contribution in [-0.2, 0) is 37.7 Å². The molecule has 11 nitrogen and oxygen atoms in total. The smallest absolute Gasteiger partial charge is 0.261 e. The van der Waals surface area contributed by atoms with E-state index in [1.165, 1.54) is 0 Å². The van der Waals surface area contributed by atoms with Crippen LogP contribution in [0.2, 0.25) is 18.6 Å². The van der Waals surface area contributed by atoms with Gasteiger partial charge in [0.15, 0.2) is 13.9 Å². The number of para-hydroxylation sites is 1. The molecule has 268 valence electrons. The standard InChI is InChI=1S/C39H47N5O6Si/c1-25-35(51(2,3)49)33(21-34(46)42-22-27-10-8-7-9-26(27)19-30(42)23-45)50-39(25)31-20-29(13-14-32(31)41-36(39)47)43-24-44(28-11-5-4-6-12-28)38(37(43)48)15-17-40-18-16-38/h4-14,20,25,30,33,35,40,45,49H,15-19,21-24H2,1-3H3,(H,41,47)/t25-,30+,33+,35-,39+/m1/s1. The van der Waals surface area contributed by atoms with Crippen molar-refractivity contribution in [2.75, 3.05) is 41.5 Å². The molecule has 8 rings (SSSR count). The number of hydrogen-bond donors (Lipinski definition) is 4. The van der Waals surface area contributed by atoms with Gasteiger partial charge in [-0.2, -0.15) is 0 Å². The summed E-state index contributed by atoms with van der Waals surface area (Å²) in [5, 5.41) is 16.7. The number of anilines is 3. The van der Waals surface area contributed by atoms with Crippen LogP contribution in [0.15, 0.2) is 72.8 Å². The van der Waals surface area contributed by atoms with E-state index >= 15 is 0 Å². The lowest BCUT2D eigenvalue weighted by atomic mass is 9.82. The summed E-state index contributed by atoms with van der Waals surface area (Å²) in [6.45, 7) is 7.69. The zero-order valence-corrected chi connectivity index (χ0v) is 30.5. The maximum Gasteiger partial charge on any atom is 0.261 e. The summed E-state index contributed by atoms with van der Waals surface area (Å²) in [6.07, 6.45) is 1.17. The third kappa shape index (κ3) is 5.33. The monoisotopic (exact) mass is 709 g/mol. The van der Waals surface area contributed by atoms with Gasteiger partial charge in [-0.15, -0.1) is 0 Å². The first-order valence-electron chi connectivity index (χ1n) is 18.2. The minimum Gasteiger partial charge on any atom is -0.432 e. The molecule has 3 aromatic rings. The van der Waals surface area contributed by atoms with Gasteiger partial charge in [-0.05, 0) is 86.9 Å². The minimum atomic E-state index is -3.02. The molecule has 0 aromatic heterocycles. The van der Waals surface area contributed by atoms with E-state index in [2.05, 4.69) is 15.5 Å². The third-order valence-corrected chi connectivity index (χ3v) is 14.7. The number of nitrogens with one attached hydrogen (secondary N) is 2. The molecule has 3 amide bonds. The van der Waals surface area contributed by atoms with Crippen molar-refractivity contribution in [3.63, 3.8) is 0 Å². The molecule has 4 N–H and O–H groups in total. The second-order valence-electron chi connectivity index (χ2n) is 15.5. The van der Waals surface area contributed by atoms with Crippen LogP contribution in [0.4, 0.5) is 17.1 Å². The topological polar surface area (TPSA) is 135 Å². The Morgan fingerprint density at radius 2 is 1.69 bits per heavy atom. The second-order valence-corrected chi connectivity index (χ2v) is 19.5. The summed E-state index contributed by atoms with van der Waals surface area (Å²) in [7, 11) is -3.02. The summed E-state index contributed by atoms with van der Waals surface area (Å²) < 4.78 is 6.88. The fourth-order valence-corrected chi connectivity index (χ4v) is 12.3. The third-order valence-electron chi connectivity index (χ3n) is 12.2. The lowest BCUT2D eigenvalue weighted by Gasteiger charge is -2.39. The predicted octanol–water partition coefficient (Wildman–Crippen LogP) is 3.71. The molecule has 3 aromatic carbocycles. The van der Waals surface area contributed by atoms with Crippen molar-refractivity contribution in [1.82, 2.24) is 10.2 Å². The number of piperidine rings is 1. The number of ether oxygens (including phenoxy) is 1. The molecule has 5 aliphatic rings. The van der Waals surface area contributed by atoms with Crippen molar-refractivity contribution in [1.29, 1.82) is 0 Å². The largest absolute Gasteiger partial charge is 0.432 e. The van der Waals surface area contributed by atoms with Crippen LogP contribution >= 0.6 is 0 Å². The Kier molecular flexibility index (Phi) is 8.38. The van der Waals surface area contributed by atoms with E-state index < -0.39 is 37.0 Å². The van der Waals surface area contributed by atoms with Crippen LogP contribution < -0.4 is 20.4 Å². The van der Waals surface area contributed by atoms with Crippen LogP contribution in [0.5, 0.6) is 0 Å². The van der Waals surface area contributed by atoms with E-state index in [1.807, 2.05) is 97.7 Å². The molecule has 0 unspecified atom stereocenters. The Bertz CT molecular complexity index is 1860. The number of fused-ring (bicyclic) bond motifs is 3. The number of benzene rings is 3. The maximum absolute atomic E-state index is 14.5. The highest BCUT2D eigenvalue weighted by Crippen LogP contribution is 2.59. The van der Waals surface area contributed by atoms with Gasteiger partial charge in [0, 0.05) is 40.6 Å². The van der Waals surface area contributed by atoms with E-state index in [0.717, 1.165) is 29.9 Å². The first-order chi connectivity index (χ1) is 24.5. The molecule has 3 saturated heterocycles. The van der Waals surface area contributed by atoms with E-state index in [-0.39, 0.29) is 36.8 Å². The first kappa shape index (κ1) is 34.0. The molecule has 0 bridgehead atoms. The van der Waals surface area contributed by atoms with Gasteiger partial charge in [0.2, 0.25) is 5.91 Å². The van der Waals surface area contributed by atoms with Crippen LogP contribution in [0, 0.1) is 5.92 Å². The second kappa shape index (κ2) is 12.6. The lowest BCUT2D eigenvalue weighted by Crippen LogP contribution is -2.55. The Labute approximate surface area is 299 Å². The number of rotatable bonds is 6. The van der Waals surface area contributed by atoms with E-state index in [1.54, 1.807) is 4.90 Å². The molecule has 51 heavy (non-hydrogen) atoms.